The van der Waals surface area contributed by atoms with Gasteiger partial charge in [-0.1, -0.05) is 0 Å². The lowest BCUT2D eigenvalue weighted by Crippen LogP contribution is -1.97. The second kappa shape index (κ2) is 3.34. The van der Waals surface area contributed by atoms with E-state index in [0.29, 0.717) is 0 Å². The minimum atomic E-state index is 0.930. The largest absolute Gasteiger partial charge is 0.264 e. The van der Waals surface area contributed by atoms with E-state index in [1.165, 1.54) is 16.1 Å². The Morgan fingerprint density at radius 3 is 3.00 bits per heavy atom. The van der Waals surface area contributed by atoms with Gasteiger partial charge in [-0.2, -0.15) is 5.10 Å². The molecule has 2 nitrogen and oxygen atoms in total. The molecule has 0 aliphatic heterocycles. The monoisotopic (exact) mass is 192 g/mol. The second-order valence-corrected chi connectivity index (χ2v) is 3.93. The number of nitrogens with zero attached hydrogens (tertiary/aromatic N) is 2. The molecular formula is C10H12N2S. The van der Waals surface area contributed by atoms with E-state index in [1.54, 1.807) is 11.3 Å². The normalized spacial score (nSPS) is 10.6. The summed E-state index contributed by atoms with van der Waals surface area (Å²) in [7, 11) is 0. The third kappa shape index (κ3) is 1.52. The van der Waals surface area contributed by atoms with E-state index >= 15 is 0 Å². The molecule has 2 rings (SSSR count). The van der Waals surface area contributed by atoms with E-state index in [-0.39, 0.29) is 0 Å². The van der Waals surface area contributed by atoms with Gasteiger partial charge in [-0.05, 0) is 36.9 Å². The fraction of sp³-hybridized carbons (Fsp3) is 0.300. The Balaban J connectivity index is 2.45. The highest BCUT2D eigenvalue weighted by Crippen LogP contribution is 2.26. The maximum absolute atomic E-state index is 4.24. The number of aromatic nitrogens is 2. The molecule has 0 saturated carbocycles. The molecule has 0 atom stereocenters. The summed E-state index contributed by atoms with van der Waals surface area (Å²) in [6.07, 6.45) is 1.86. The third-order valence-electron chi connectivity index (χ3n) is 2.00. The van der Waals surface area contributed by atoms with Gasteiger partial charge in [0.25, 0.3) is 0 Å². The van der Waals surface area contributed by atoms with Crippen LogP contribution < -0.4 is 0 Å². The molecular weight excluding hydrogens is 180 g/mol. The SMILES string of the molecule is CCn1nccc1-c1cc(C)cs1. The van der Waals surface area contributed by atoms with Crippen molar-refractivity contribution in [3.63, 3.8) is 0 Å². The Morgan fingerprint density at radius 2 is 2.38 bits per heavy atom. The quantitative estimate of drug-likeness (QED) is 0.715. The lowest BCUT2D eigenvalue weighted by Gasteiger charge is -2.00. The molecule has 0 aliphatic rings. The van der Waals surface area contributed by atoms with Crippen molar-refractivity contribution in [2.24, 2.45) is 0 Å². The van der Waals surface area contributed by atoms with E-state index in [2.05, 4.69) is 36.5 Å². The molecule has 3 heteroatoms. The summed E-state index contributed by atoms with van der Waals surface area (Å²) in [5, 5.41) is 6.41. The zero-order chi connectivity index (χ0) is 9.26. The Bertz CT molecular complexity index is 400. The Hall–Kier alpha value is -1.09. The van der Waals surface area contributed by atoms with Crippen molar-refractivity contribution in [2.75, 3.05) is 0 Å². The Kier molecular flexibility index (Phi) is 2.19. The molecule has 0 aromatic carbocycles. The van der Waals surface area contributed by atoms with Crippen molar-refractivity contribution >= 4 is 11.3 Å². The summed E-state index contributed by atoms with van der Waals surface area (Å²) < 4.78 is 2.02. The van der Waals surface area contributed by atoms with Crippen LogP contribution in [0.1, 0.15) is 12.5 Å². The van der Waals surface area contributed by atoms with Crippen LogP contribution in [0.2, 0.25) is 0 Å². The van der Waals surface area contributed by atoms with Gasteiger partial charge in [0.2, 0.25) is 0 Å². The van der Waals surface area contributed by atoms with Gasteiger partial charge in [0, 0.05) is 12.7 Å². The topological polar surface area (TPSA) is 17.8 Å². The zero-order valence-electron chi connectivity index (χ0n) is 7.82. The number of thiophene rings is 1. The van der Waals surface area contributed by atoms with Gasteiger partial charge >= 0.3 is 0 Å². The van der Waals surface area contributed by atoms with E-state index in [0.717, 1.165) is 6.54 Å². The number of hydrogen-bond donors (Lipinski definition) is 0. The van der Waals surface area contributed by atoms with Crippen LogP contribution in [-0.4, -0.2) is 9.78 Å². The summed E-state index contributed by atoms with van der Waals surface area (Å²) >= 11 is 1.78. The van der Waals surface area contributed by atoms with Crippen molar-refractivity contribution in [1.82, 2.24) is 9.78 Å². The maximum atomic E-state index is 4.24. The summed E-state index contributed by atoms with van der Waals surface area (Å²) in [6, 6.07) is 4.27. The van der Waals surface area contributed by atoms with Crippen LogP contribution in [0.25, 0.3) is 10.6 Å². The van der Waals surface area contributed by atoms with E-state index in [4.69, 9.17) is 0 Å². The summed E-state index contributed by atoms with van der Waals surface area (Å²) in [5.74, 6) is 0. The molecule has 0 radical (unpaired) electrons. The molecule has 0 fully saturated rings. The minimum Gasteiger partial charge on any atom is -0.264 e. The van der Waals surface area contributed by atoms with Gasteiger partial charge in [-0.3, -0.25) is 4.68 Å². The first-order valence-electron chi connectivity index (χ1n) is 4.38. The number of hydrogen-bond acceptors (Lipinski definition) is 2. The molecule has 0 aliphatic carbocycles. The molecule has 2 aromatic heterocycles. The molecule has 2 aromatic rings. The Labute approximate surface area is 81.8 Å². The van der Waals surface area contributed by atoms with Gasteiger partial charge in [0.05, 0.1) is 10.6 Å². The van der Waals surface area contributed by atoms with E-state index in [9.17, 15) is 0 Å². The molecule has 13 heavy (non-hydrogen) atoms. The van der Waals surface area contributed by atoms with Crippen LogP contribution in [0.3, 0.4) is 0 Å². The zero-order valence-corrected chi connectivity index (χ0v) is 8.64. The van der Waals surface area contributed by atoms with Crippen molar-refractivity contribution < 1.29 is 0 Å². The predicted octanol–water partition coefficient (Wildman–Crippen LogP) is 2.94. The predicted molar refractivity (Wildman–Crippen MR) is 56.0 cm³/mol. The highest BCUT2D eigenvalue weighted by Gasteiger charge is 2.05. The van der Waals surface area contributed by atoms with Crippen LogP contribution in [0, 0.1) is 6.92 Å². The number of aryl methyl sites for hydroxylation is 2. The molecule has 0 unspecified atom stereocenters. The molecule has 0 spiro atoms. The standard InChI is InChI=1S/C10H12N2S/c1-3-12-9(4-5-11-12)10-6-8(2)7-13-10/h4-7H,3H2,1-2H3. The maximum Gasteiger partial charge on any atom is 0.0781 e. The average Bonchev–Trinajstić information content (AvgIpc) is 2.71. The van der Waals surface area contributed by atoms with Crippen LogP contribution in [0.5, 0.6) is 0 Å². The van der Waals surface area contributed by atoms with Gasteiger partial charge in [-0.15, -0.1) is 11.3 Å². The molecule has 0 saturated heterocycles. The Morgan fingerprint density at radius 1 is 1.54 bits per heavy atom. The van der Waals surface area contributed by atoms with Crippen LogP contribution in [0.4, 0.5) is 0 Å². The lowest BCUT2D eigenvalue weighted by atomic mass is 10.3. The van der Waals surface area contributed by atoms with E-state index in [1.807, 2.05) is 10.9 Å². The average molecular weight is 192 g/mol. The van der Waals surface area contributed by atoms with Gasteiger partial charge < -0.3 is 0 Å². The highest BCUT2D eigenvalue weighted by molar-refractivity contribution is 7.13. The molecule has 0 amide bonds. The summed E-state index contributed by atoms with van der Waals surface area (Å²) in [4.78, 5) is 1.30. The van der Waals surface area contributed by atoms with Crippen molar-refractivity contribution in [1.29, 1.82) is 0 Å². The third-order valence-corrected chi connectivity index (χ3v) is 3.07. The van der Waals surface area contributed by atoms with E-state index < -0.39 is 0 Å². The molecule has 2 heterocycles. The number of rotatable bonds is 2. The smallest absolute Gasteiger partial charge is 0.0781 e. The first-order chi connectivity index (χ1) is 6.31. The second-order valence-electron chi connectivity index (χ2n) is 3.02. The molecule has 0 bridgehead atoms. The fourth-order valence-corrected chi connectivity index (χ4v) is 2.29. The summed E-state index contributed by atoms with van der Waals surface area (Å²) in [5.41, 5.74) is 2.55. The minimum absolute atomic E-state index is 0.930. The van der Waals surface area contributed by atoms with Crippen LogP contribution >= 0.6 is 11.3 Å². The molecule has 68 valence electrons. The van der Waals surface area contributed by atoms with Crippen molar-refractivity contribution in [3.05, 3.63) is 29.3 Å². The lowest BCUT2D eigenvalue weighted by molar-refractivity contribution is 0.668. The van der Waals surface area contributed by atoms with Gasteiger partial charge in [-0.25, -0.2) is 0 Å². The fourth-order valence-electron chi connectivity index (χ4n) is 1.36. The van der Waals surface area contributed by atoms with Crippen molar-refractivity contribution in [3.8, 4) is 10.6 Å². The first kappa shape index (κ1) is 8.51. The van der Waals surface area contributed by atoms with Crippen LogP contribution in [0.15, 0.2) is 23.7 Å². The van der Waals surface area contributed by atoms with Crippen LogP contribution in [-0.2, 0) is 6.54 Å². The van der Waals surface area contributed by atoms with Gasteiger partial charge in [0.1, 0.15) is 0 Å². The molecule has 0 N–H and O–H groups in total. The van der Waals surface area contributed by atoms with Gasteiger partial charge in [0.15, 0.2) is 0 Å². The van der Waals surface area contributed by atoms with Crippen molar-refractivity contribution in [2.45, 2.75) is 20.4 Å². The summed E-state index contributed by atoms with van der Waals surface area (Å²) in [6.45, 7) is 5.16. The highest BCUT2D eigenvalue weighted by atomic mass is 32.1. The first-order valence-corrected chi connectivity index (χ1v) is 5.26.